The molecule has 1 amide bonds. The lowest BCUT2D eigenvalue weighted by atomic mass is 9.77. The number of amides is 1. The van der Waals surface area contributed by atoms with Gasteiger partial charge >= 0.3 is 0 Å². The maximum atomic E-state index is 12.6. The molecule has 1 saturated carbocycles. The van der Waals surface area contributed by atoms with Crippen LogP contribution in [-0.2, 0) is 14.3 Å². The number of hydrogen-bond acceptors (Lipinski definition) is 4. The molecule has 0 aromatic heterocycles. The summed E-state index contributed by atoms with van der Waals surface area (Å²) in [5.74, 6) is -2.60. The van der Waals surface area contributed by atoms with Crippen LogP contribution in [0.15, 0.2) is 12.2 Å². The van der Waals surface area contributed by atoms with E-state index in [-0.39, 0.29) is 11.9 Å². The number of fused-ring (bicyclic) bond motifs is 1. The molecule has 0 N–H and O–H groups in total. The van der Waals surface area contributed by atoms with Gasteiger partial charge in [-0.15, -0.1) is 0 Å². The second-order valence-corrected chi connectivity index (χ2v) is 6.12. The average Bonchev–Trinajstić information content (AvgIpc) is 3.09. The Morgan fingerprint density at radius 2 is 2.16 bits per heavy atom. The lowest BCUT2D eigenvalue weighted by Crippen LogP contribution is -2.45. The van der Waals surface area contributed by atoms with Crippen molar-refractivity contribution in [2.75, 3.05) is 6.54 Å². The Kier molecular flexibility index (Phi) is 2.17. The average molecular weight is 262 g/mol. The van der Waals surface area contributed by atoms with Gasteiger partial charge in [0.05, 0.1) is 18.6 Å². The Morgan fingerprint density at radius 3 is 2.84 bits per heavy atom. The number of carboxylic acids is 1. The van der Waals surface area contributed by atoms with Gasteiger partial charge in [0.2, 0.25) is 5.91 Å². The number of hydrogen-bond donors (Lipinski definition) is 0. The second-order valence-electron chi connectivity index (χ2n) is 6.12. The standard InChI is InChI=1S/C14H17NO4/c16-12-11-10(13(17)18)9-5-6-14(11,19-9)7-15(12)8-3-1-2-4-8/h5-6,8-11H,1-4,7H2,(H,17,18)/p-1/t9-,10-,11-,14+/m0/s1. The molecular formula is C14H16NO4-. The summed E-state index contributed by atoms with van der Waals surface area (Å²) in [5.41, 5.74) is -0.699. The van der Waals surface area contributed by atoms with Gasteiger partial charge in [-0.25, -0.2) is 0 Å². The number of carbonyl (C=O) groups excluding carboxylic acids is 2. The molecule has 4 atom stereocenters. The van der Waals surface area contributed by atoms with Crippen LogP contribution in [0.3, 0.4) is 0 Å². The normalized spacial score (nSPS) is 44.3. The topological polar surface area (TPSA) is 69.7 Å². The highest BCUT2D eigenvalue weighted by Crippen LogP contribution is 2.52. The molecule has 0 unspecified atom stereocenters. The molecule has 1 aliphatic carbocycles. The predicted octanol–water partition coefficient (Wildman–Crippen LogP) is -0.539. The number of ether oxygens (including phenoxy) is 1. The monoisotopic (exact) mass is 262 g/mol. The number of carbonyl (C=O) groups is 2. The minimum Gasteiger partial charge on any atom is -0.550 e. The molecule has 3 fully saturated rings. The van der Waals surface area contributed by atoms with E-state index < -0.39 is 29.5 Å². The van der Waals surface area contributed by atoms with Crippen molar-refractivity contribution in [1.82, 2.24) is 4.90 Å². The minimum absolute atomic E-state index is 0.0482. The van der Waals surface area contributed by atoms with Crippen LogP contribution in [-0.4, -0.2) is 41.1 Å². The van der Waals surface area contributed by atoms with Crippen molar-refractivity contribution in [3.8, 4) is 0 Å². The minimum atomic E-state index is -1.16. The summed E-state index contributed by atoms with van der Waals surface area (Å²) in [5, 5.41) is 11.3. The highest BCUT2D eigenvalue weighted by atomic mass is 16.5. The molecule has 3 aliphatic heterocycles. The van der Waals surface area contributed by atoms with Crippen LogP contribution in [0, 0.1) is 11.8 Å². The maximum absolute atomic E-state index is 12.6. The lowest BCUT2D eigenvalue weighted by Gasteiger charge is -2.27. The van der Waals surface area contributed by atoms with Gasteiger partial charge in [0.15, 0.2) is 0 Å². The number of likely N-dealkylation sites (tertiary alicyclic amines) is 1. The Hall–Kier alpha value is -1.36. The lowest BCUT2D eigenvalue weighted by molar-refractivity contribution is -0.313. The van der Waals surface area contributed by atoms with E-state index in [1.165, 1.54) is 0 Å². The van der Waals surface area contributed by atoms with Gasteiger partial charge in [-0.2, -0.15) is 0 Å². The summed E-state index contributed by atoms with van der Waals surface area (Å²) in [6, 6.07) is 0.269. The van der Waals surface area contributed by atoms with Crippen LogP contribution in [0.1, 0.15) is 25.7 Å². The molecule has 1 spiro atoms. The summed E-state index contributed by atoms with van der Waals surface area (Å²) >= 11 is 0. The van der Waals surface area contributed by atoms with Crippen molar-refractivity contribution in [2.45, 2.75) is 43.4 Å². The zero-order valence-electron chi connectivity index (χ0n) is 10.6. The van der Waals surface area contributed by atoms with Crippen molar-refractivity contribution in [3.05, 3.63) is 12.2 Å². The van der Waals surface area contributed by atoms with Crippen LogP contribution in [0.4, 0.5) is 0 Å². The molecular weight excluding hydrogens is 246 g/mol. The second kappa shape index (κ2) is 3.60. The van der Waals surface area contributed by atoms with Gasteiger partial charge in [-0.05, 0) is 12.8 Å². The van der Waals surface area contributed by atoms with Crippen molar-refractivity contribution in [3.63, 3.8) is 0 Å². The van der Waals surface area contributed by atoms with Crippen LogP contribution >= 0.6 is 0 Å². The van der Waals surface area contributed by atoms with E-state index in [4.69, 9.17) is 4.74 Å². The fraction of sp³-hybridized carbons (Fsp3) is 0.714. The van der Waals surface area contributed by atoms with E-state index in [9.17, 15) is 14.7 Å². The first-order valence-corrected chi connectivity index (χ1v) is 7.01. The first-order valence-electron chi connectivity index (χ1n) is 7.01. The van der Waals surface area contributed by atoms with Crippen molar-refractivity contribution >= 4 is 11.9 Å². The van der Waals surface area contributed by atoms with E-state index in [1.807, 2.05) is 11.0 Å². The number of rotatable bonds is 2. The molecule has 0 aromatic carbocycles. The molecule has 4 aliphatic rings. The summed E-state index contributed by atoms with van der Waals surface area (Å²) in [4.78, 5) is 25.8. The van der Waals surface area contributed by atoms with Crippen LogP contribution in [0.5, 0.6) is 0 Å². The van der Waals surface area contributed by atoms with Gasteiger partial charge in [-0.1, -0.05) is 25.0 Å². The molecule has 2 saturated heterocycles. The van der Waals surface area contributed by atoms with Gasteiger partial charge < -0.3 is 19.5 Å². The highest BCUT2D eigenvalue weighted by molar-refractivity contribution is 5.90. The van der Waals surface area contributed by atoms with Crippen molar-refractivity contribution < 1.29 is 19.4 Å². The van der Waals surface area contributed by atoms with E-state index in [2.05, 4.69) is 0 Å². The van der Waals surface area contributed by atoms with Crippen LogP contribution < -0.4 is 5.11 Å². The predicted molar refractivity (Wildman–Crippen MR) is 62.7 cm³/mol. The van der Waals surface area contributed by atoms with Gasteiger partial charge in [0, 0.05) is 17.9 Å². The summed E-state index contributed by atoms with van der Waals surface area (Å²) < 4.78 is 5.82. The zero-order valence-corrected chi connectivity index (χ0v) is 10.6. The third-order valence-corrected chi connectivity index (χ3v) is 5.17. The Labute approximate surface area is 111 Å². The smallest absolute Gasteiger partial charge is 0.230 e. The number of carboxylic acid groups (broad SMARTS) is 1. The van der Waals surface area contributed by atoms with E-state index in [0.29, 0.717) is 6.54 Å². The molecule has 5 heteroatoms. The van der Waals surface area contributed by atoms with Crippen LogP contribution in [0.2, 0.25) is 0 Å². The maximum Gasteiger partial charge on any atom is 0.230 e. The van der Waals surface area contributed by atoms with E-state index >= 15 is 0 Å². The summed E-state index contributed by atoms with van der Waals surface area (Å²) in [6.07, 6.45) is 7.54. The molecule has 0 radical (unpaired) electrons. The quantitative estimate of drug-likeness (QED) is 0.627. The molecule has 4 rings (SSSR count). The van der Waals surface area contributed by atoms with Gasteiger partial charge in [0.1, 0.15) is 5.60 Å². The third kappa shape index (κ3) is 1.34. The van der Waals surface area contributed by atoms with Gasteiger partial charge in [-0.3, -0.25) is 4.79 Å². The highest BCUT2D eigenvalue weighted by Gasteiger charge is 2.65. The van der Waals surface area contributed by atoms with E-state index in [0.717, 1.165) is 25.7 Å². The zero-order chi connectivity index (χ0) is 13.2. The Bertz CT molecular complexity index is 482. The molecule has 19 heavy (non-hydrogen) atoms. The fourth-order valence-corrected chi connectivity index (χ4v) is 4.32. The first kappa shape index (κ1) is 11.5. The molecule has 0 aromatic rings. The third-order valence-electron chi connectivity index (χ3n) is 5.17. The molecule has 2 bridgehead atoms. The largest absolute Gasteiger partial charge is 0.550 e. The Balaban J connectivity index is 1.69. The van der Waals surface area contributed by atoms with Gasteiger partial charge in [0.25, 0.3) is 0 Å². The molecule has 102 valence electrons. The van der Waals surface area contributed by atoms with Crippen molar-refractivity contribution in [1.29, 1.82) is 0 Å². The first-order chi connectivity index (χ1) is 9.12. The summed E-state index contributed by atoms with van der Waals surface area (Å²) in [7, 11) is 0. The fourth-order valence-electron chi connectivity index (χ4n) is 4.32. The molecule has 3 heterocycles. The van der Waals surface area contributed by atoms with Crippen LogP contribution in [0.25, 0.3) is 0 Å². The van der Waals surface area contributed by atoms with Crippen molar-refractivity contribution in [2.24, 2.45) is 11.8 Å². The van der Waals surface area contributed by atoms with E-state index in [1.54, 1.807) is 6.08 Å². The number of aliphatic carboxylic acids is 1. The Morgan fingerprint density at radius 1 is 1.42 bits per heavy atom. The number of nitrogens with zero attached hydrogens (tertiary/aromatic N) is 1. The SMILES string of the molecule is O=C([O-])[C@H]1[C@@H]2C=C[C@]3(CN(C4CCCC4)C(=O)[C@H]13)O2. The summed E-state index contributed by atoms with van der Waals surface area (Å²) in [6.45, 7) is 0.512. The molecule has 5 nitrogen and oxygen atoms in total.